The van der Waals surface area contributed by atoms with Crippen LogP contribution in [0.3, 0.4) is 0 Å². The molecule has 5 heteroatoms. The molecule has 1 rings (SSSR count). The number of nitro groups is 1. The van der Waals surface area contributed by atoms with Crippen LogP contribution in [0.2, 0.25) is 0 Å². The predicted molar refractivity (Wildman–Crippen MR) is 44.3 cm³/mol. The molecule has 0 aliphatic rings. The van der Waals surface area contributed by atoms with E-state index in [4.69, 9.17) is 5.11 Å². The topological polar surface area (TPSA) is 75.4 Å². The second-order valence-electron chi connectivity index (χ2n) is 2.25. The van der Waals surface area contributed by atoms with Gasteiger partial charge in [0.2, 0.25) is 0 Å². The summed E-state index contributed by atoms with van der Waals surface area (Å²) in [6, 6.07) is 3.85. The van der Waals surface area contributed by atoms with Crippen LogP contribution in [0.15, 0.2) is 18.2 Å². The number of non-ortho nitro benzene ring substituents is 1. The van der Waals surface area contributed by atoms with E-state index in [1.165, 1.54) is 12.1 Å². The number of phenols is 1. The minimum absolute atomic E-state index is 0.117. The quantitative estimate of drug-likeness (QED) is 0.516. The van der Waals surface area contributed by atoms with E-state index in [1.807, 2.05) is 0 Å². The van der Waals surface area contributed by atoms with E-state index in [2.05, 4.69) is 5.32 Å². The molecule has 0 unspecified atom stereocenters. The van der Waals surface area contributed by atoms with E-state index in [0.717, 1.165) is 6.07 Å². The van der Waals surface area contributed by atoms with Crippen molar-refractivity contribution in [3.63, 3.8) is 0 Å². The lowest BCUT2D eigenvalue weighted by atomic mass is 10.2. The molecule has 1 aromatic carbocycles. The van der Waals surface area contributed by atoms with Crippen molar-refractivity contribution >= 4 is 11.4 Å². The molecular weight excluding hydrogens is 160 g/mol. The van der Waals surface area contributed by atoms with Crippen molar-refractivity contribution in [3.05, 3.63) is 28.3 Å². The Morgan fingerprint density at radius 2 is 2.17 bits per heavy atom. The Balaban J connectivity index is 3.15. The first-order valence-corrected chi connectivity index (χ1v) is 3.29. The minimum atomic E-state index is -0.555. The van der Waals surface area contributed by atoms with Gasteiger partial charge in [0.05, 0.1) is 11.0 Å². The van der Waals surface area contributed by atoms with Crippen molar-refractivity contribution in [1.29, 1.82) is 0 Å². The van der Waals surface area contributed by atoms with E-state index in [0.29, 0.717) is 5.69 Å². The highest BCUT2D eigenvalue weighted by atomic mass is 16.6. The van der Waals surface area contributed by atoms with Gasteiger partial charge in [0.25, 0.3) is 5.69 Å². The maximum atomic E-state index is 10.3. The number of hydrogen-bond acceptors (Lipinski definition) is 4. The van der Waals surface area contributed by atoms with Gasteiger partial charge in [0, 0.05) is 24.9 Å². The van der Waals surface area contributed by atoms with Gasteiger partial charge in [-0.1, -0.05) is 0 Å². The zero-order valence-electron chi connectivity index (χ0n) is 6.44. The van der Waals surface area contributed by atoms with Gasteiger partial charge in [-0.15, -0.1) is 0 Å². The molecule has 5 nitrogen and oxygen atoms in total. The van der Waals surface area contributed by atoms with E-state index in [-0.39, 0.29) is 11.4 Å². The number of nitro benzene ring substituents is 1. The Bertz CT molecular complexity index is 312. The second-order valence-corrected chi connectivity index (χ2v) is 2.25. The number of rotatable bonds is 2. The van der Waals surface area contributed by atoms with E-state index < -0.39 is 4.92 Å². The molecule has 1 aromatic rings. The third-order valence-corrected chi connectivity index (χ3v) is 1.40. The lowest BCUT2D eigenvalue weighted by Gasteiger charge is -1.99. The lowest BCUT2D eigenvalue weighted by molar-refractivity contribution is -0.384. The first-order chi connectivity index (χ1) is 5.63. The van der Waals surface area contributed by atoms with E-state index >= 15 is 0 Å². The van der Waals surface area contributed by atoms with Gasteiger partial charge >= 0.3 is 0 Å². The molecule has 0 aliphatic heterocycles. The van der Waals surface area contributed by atoms with Crippen LogP contribution in [0.1, 0.15) is 0 Å². The summed E-state index contributed by atoms with van der Waals surface area (Å²) < 4.78 is 0. The van der Waals surface area contributed by atoms with Crippen LogP contribution in [0.25, 0.3) is 0 Å². The molecule has 0 radical (unpaired) electrons. The highest BCUT2D eigenvalue weighted by Crippen LogP contribution is 2.24. The fraction of sp³-hybridized carbons (Fsp3) is 0.143. The molecule has 0 fully saturated rings. The monoisotopic (exact) mass is 168 g/mol. The lowest BCUT2D eigenvalue weighted by Crippen LogP contribution is -1.91. The van der Waals surface area contributed by atoms with E-state index in [1.54, 1.807) is 7.05 Å². The molecule has 64 valence electrons. The normalized spacial score (nSPS) is 9.42. The third-order valence-electron chi connectivity index (χ3n) is 1.40. The smallest absolute Gasteiger partial charge is 0.275 e. The average molecular weight is 168 g/mol. The standard InChI is InChI=1S/C7H8N2O3/c1-8-5-2-6(9(11)12)4-7(10)3-5/h2-4,8,10H,1H3. The fourth-order valence-electron chi connectivity index (χ4n) is 0.845. The second kappa shape index (κ2) is 3.08. The maximum Gasteiger partial charge on any atom is 0.275 e. The number of benzene rings is 1. The summed E-state index contributed by atoms with van der Waals surface area (Å²) in [5.41, 5.74) is 0.390. The van der Waals surface area contributed by atoms with Crippen LogP contribution < -0.4 is 5.32 Å². The number of hydrogen-bond donors (Lipinski definition) is 2. The summed E-state index contributed by atoms with van der Waals surface area (Å²) in [5.74, 6) is -0.117. The van der Waals surface area contributed by atoms with Gasteiger partial charge in [-0.2, -0.15) is 0 Å². The summed E-state index contributed by atoms with van der Waals surface area (Å²) in [4.78, 5) is 9.73. The Morgan fingerprint density at radius 3 is 2.67 bits per heavy atom. The zero-order chi connectivity index (χ0) is 9.14. The summed E-state index contributed by atoms with van der Waals surface area (Å²) in [5, 5.41) is 22.0. The summed E-state index contributed by atoms with van der Waals surface area (Å²) in [7, 11) is 1.62. The first-order valence-electron chi connectivity index (χ1n) is 3.29. The van der Waals surface area contributed by atoms with Crippen molar-refractivity contribution in [1.82, 2.24) is 0 Å². The number of anilines is 1. The van der Waals surface area contributed by atoms with Crippen LogP contribution in [0.5, 0.6) is 5.75 Å². The largest absolute Gasteiger partial charge is 0.508 e. The SMILES string of the molecule is CNc1cc(O)cc([N+](=O)[O-])c1. The molecule has 0 spiro atoms. The number of nitrogens with zero attached hydrogens (tertiary/aromatic N) is 1. The van der Waals surface area contributed by atoms with Gasteiger partial charge in [-0.3, -0.25) is 10.1 Å². The molecule has 0 heterocycles. The highest BCUT2D eigenvalue weighted by Gasteiger charge is 2.07. The molecule has 0 bridgehead atoms. The van der Waals surface area contributed by atoms with Gasteiger partial charge in [-0.25, -0.2) is 0 Å². The summed E-state index contributed by atoms with van der Waals surface area (Å²) >= 11 is 0. The van der Waals surface area contributed by atoms with E-state index in [9.17, 15) is 10.1 Å². The molecule has 0 aromatic heterocycles. The minimum Gasteiger partial charge on any atom is -0.508 e. The molecule has 0 atom stereocenters. The summed E-state index contributed by atoms with van der Waals surface area (Å²) in [6.07, 6.45) is 0. The van der Waals surface area contributed by atoms with Crippen LogP contribution in [0, 0.1) is 10.1 Å². The highest BCUT2D eigenvalue weighted by molar-refractivity contribution is 5.55. The number of nitrogens with one attached hydrogen (secondary N) is 1. The third kappa shape index (κ3) is 1.63. The summed E-state index contributed by atoms with van der Waals surface area (Å²) in [6.45, 7) is 0. The fourth-order valence-corrected chi connectivity index (χ4v) is 0.845. The maximum absolute atomic E-state index is 10.3. The number of phenolic OH excluding ortho intramolecular Hbond substituents is 1. The Kier molecular flexibility index (Phi) is 2.14. The van der Waals surface area contributed by atoms with Crippen molar-refractivity contribution < 1.29 is 10.0 Å². The molecule has 0 amide bonds. The zero-order valence-corrected chi connectivity index (χ0v) is 6.44. The van der Waals surface area contributed by atoms with Gasteiger partial charge in [-0.05, 0) is 0 Å². The van der Waals surface area contributed by atoms with Crippen molar-refractivity contribution in [2.24, 2.45) is 0 Å². The first kappa shape index (κ1) is 8.32. The molecule has 2 N–H and O–H groups in total. The predicted octanol–water partition coefficient (Wildman–Crippen LogP) is 1.34. The van der Waals surface area contributed by atoms with Crippen LogP contribution in [-0.4, -0.2) is 17.1 Å². The van der Waals surface area contributed by atoms with Crippen molar-refractivity contribution in [3.8, 4) is 5.75 Å². The molecular formula is C7H8N2O3. The average Bonchev–Trinajstić information content (AvgIpc) is 2.03. The molecule has 0 aliphatic carbocycles. The van der Waals surface area contributed by atoms with Crippen LogP contribution >= 0.6 is 0 Å². The Labute approximate surface area is 68.8 Å². The van der Waals surface area contributed by atoms with Crippen molar-refractivity contribution in [2.45, 2.75) is 0 Å². The van der Waals surface area contributed by atoms with Crippen LogP contribution in [-0.2, 0) is 0 Å². The Morgan fingerprint density at radius 1 is 1.50 bits per heavy atom. The van der Waals surface area contributed by atoms with Crippen molar-refractivity contribution in [2.75, 3.05) is 12.4 Å². The number of aromatic hydroxyl groups is 1. The van der Waals surface area contributed by atoms with Crippen LogP contribution in [0.4, 0.5) is 11.4 Å². The molecule has 0 saturated carbocycles. The molecule has 12 heavy (non-hydrogen) atoms. The molecule has 0 saturated heterocycles. The Hall–Kier alpha value is -1.78. The van der Waals surface area contributed by atoms with Gasteiger partial charge in [0.1, 0.15) is 5.75 Å². The van der Waals surface area contributed by atoms with Gasteiger partial charge < -0.3 is 10.4 Å². The van der Waals surface area contributed by atoms with Gasteiger partial charge in [0.15, 0.2) is 0 Å².